The third-order valence-corrected chi connectivity index (χ3v) is 4.08. The van der Waals surface area contributed by atoms with Crippen LogP contribution >= 0.6 is 0 Å². The number of para-hydroxylation sites is 1. The molecule has 1 aliphatic heterocycles. The number of nitroso groups, excluding NO2 is 1. The summed E-state index contributed by atoms with van der Waals surface area (Å²) in [5, 5.41) is 12.7. The Morgan fingerprint density at radius 3 is 2.24 bits per heavy atom. The molecule has 1 aromatic carbocycles. The number of amides is 2. The van der Waals surface area contributed by atoms with Crippen molar-refractivity contribution in [2.45, 2.75) is 0 Å². The summed E-state index contributed by atoms with van der Waals surface area (Å²) in [6.45, 7) is 1.40. The number of rotatable bonds is 3. The van der Waals surface area contributed by atoms with Gasteiger partial charge in [0.1, 0.15) is 11.4 Å². The van der Waals surface area contributed by atoms with Crippen LogP contribution in [0.5, 0.6) is 5.75 Å². The number of carbonyl (C=O) groups is 2. The van der Waals surface area contributed by atoms with Gasteiger partial charge < -0.3 is 14.9 Å². The molecule has 1 aliphatic rings. The zero-order valence-electron chi connectivity index (χ0n) is 13.3. The highest BCUT2D eigenvalue weighted by Crippen LogP contribution is 2.30. The molecule has 1 saturated heterocycles. The molecule has 3 rings (SSSR count). The lowest BCUT2D eigenvalue weighted by Gasteiger charge is -2.34. The molecule has 1 fully saturated rings. The maximum Gasteiger partial charge on any atom is 0.272 e. The molecule has 0 spiro atoms. The zero-order chi connectivity index (χ0) is 17.8. The summed E-state index contributed by atoms with van der Waals surface area (Å²) >= 11 is 0. The van der Waals surface area contributed by atoms with E-state index < -0.39 is 11.7 Å². The van der Waals surface area contributed by atoms with Crippen molar-refractivity contribution in [3.63, 3.8) is 0 Å². The number of nitrogens with zero attached hydrogens (tertiary/aromatic N) is 4. The number of hydrogen-bond acceptors (Lipinski definition) is 6. The molecule has 128 valence electrons. The number of aromatic nitrogens is 1. The molecule has 0 aliphatic carbocycles. The number of phenols is 1. The molecule has 2 aromatic rings. The standard InChI is InChI=1S/C17H16N4O4/c22-15-12(4-3-6-13(15)19-25)16(23)20-8-10-21(11-9-20)17(24)14-5-1-2-7-18-14/h1-7,22H,8-11H2. The SMILES string of the molecule is O=Nc1cccc(C(=O)N2CCN(C(=O)c3ccccn3)CC2)c1O. The maximum atomic E-state index is 12.5. The van der Waals surface area contributed by atoms with Crippen LogP contribution in [0.3, 0.4) is 0 Å². The lowest BCUT2D eigenvalue weighted by molar-refractivity contribution is 0.0530. The van der Waals surface area contributed by atoms with Crippen molar-refractivity contribution < 1.29 is 14.7 Å². The number of aromatic hydroxyl groups is 1. The lowest BCUT2D eigenvalue weighted by atomic mass is 10.1. The number of hydrogen-bond donors (Lipinski definition) is 1. The molecular formula is C17H16N4O4. The predicted molar refractivity (Wildman–Crippen MR) is 89.6 cm³/mol. The number of benzene rings is 1. The minimum Gasteiger partial charge on any atom is -0.505 e. The molecule has 1 aromatic heterocycles. The van der Waals surface area contributed by atoms with Gasteiger partial charge in [0.25, 0.3) is 11.8 Å². The normalized spacial score (nSPS) is 14.2. The molecular weight excluding hydrogens is 324 g/mol. The maximum absolute atomic E-state index is 12.5. The average molecular weight is 340 g/mol. The first-order chi connectivity index (χ1) is 12.1. The van der Waals surface area contributed by atoms with Gasteiger partial charge in [-0.05, 0) is 29.4 Å². The molecule has 0 unspecified atom stereocenters. The second-order valence-corrected chi connectivity index (χ2v) is 5.56. The van der Waals surface area contributed by atoms with Crippen LogP contribution in [0.2, 0.25) is 0 Å². The smallest absolute Gasteiger partial charge is 0.272 e. The van der Waals surface area contributed by atoms with E-state index in [1.54, 1.807) is 29.3 Å². The Hall–Kier alpha value is -3.29. The van der Waals surface area contributed by atoms with Crippen molar-refractivity contribution in [2.24, 2.45) is 5.18 Å². The van der Waals surface area contributed by atoms with Gasteiger partial charge >= 0.3 is 0 Å². The fraction of sp³-hybridized carbons (Fsp3) is 0.235. The minimum atomic E-state index is -0.422. The Balaban J connectivity index is 1.67. The summed E-state index contributed by atoms with van der Waals surface area (Å²) in [7, 11) is 0. The van der Waals surface area contributed by atoms with Crippen LogP contribution in [-0.4, -0.2) is 57.9 Å². The summed E-state index contributed by atoms with van der Waals surface area (Å²) in [6, 6.07) is 9.40. The van der Waals surface area contributed by atoms with Crippen LogP contribution in [0, 0.1) is 4.91 Å². The van der Waals surface area contributed by atoms with E-state index in [1.807, 2.05) is 0 Å². The molecule has 0 saturated carbocycles. The minimum absolute atomic E-state index is 0.0293. The Morgan fingerprint density at radius 1 is 0.960 bits per heavy atom. The van der Waals surface area contributed by atoms with E-state index in [-0.39, 0.29) is 17.2 Å². The fourth-order valence-electron chi connectivity index (χ4n) is 2.71. The van der Waals surface area contributed by atoms with Crippen molar-refractivity contribution in [1.29, 1.82) is 0 Å². The topological polar surface area (TPSA) is 103 Å². The van der Waals surface area contributed by atoms with E-state index in [1.165, 1.54) is 23.1 Å². The summed E-state index contributed by atoms with van der Waals surface area (Å²) in [6.07, 6.45) is 1.56. The largest absolute Gasteiger partial charge is 0.505 e. The third kappa shape index (κ3) is 3.32. The molecule has 2 amide bonds. The number of carbonyl (C=O) groups excluding carboxylic acids is 2. The molecule has 0 radical (unpaired) electrons. The zero-order valence-corrected chi connectivity index (χ0v) is 13.3. The second kappa shape index (κ2) is 7.08. The van der Waals surface area contributed by atoms with Crippen LogP contribution in [0.1, 0.15) is 20.8 Å². The Labute approximate surface area is 143 Å². The van der Waals surface area contributed by atoms with E-state index in [2.05, 4.69) is 10.2 Å². The Morgan fingerprint density at radius 2 is 1.64 bits per heavy atom. The number of piperazine rings is 1. The van der Waals surface area contributed by atoms with Gasteiger partial charge in [0.15, 0.2) is 5.75 Å². The highest BCUT2D eigenvalue weighted by Gasteiger charge is 2.27. The van der Waals surface area contributed by atoms with Gasteiger partial charge in [-0.15, -0.1) is 4.91 Å². The van der Waals surface area contributed by atoms with Crippen molar-refractivity contribution in [3.05, 3.63) is 58.8 Å². The molecule has 2 heterocycles. The van der Waals surface area contributed by atoms with E-state index in [9.17, 15) is 19.6 Å². The Kier molecular flexibility index (Phi) is 4.69. The van der Waals surface area contributed by atoms with Crippen LogP contribution in [-0.2, 0) is 0 Å². The van der Waals surface area contributed by atoms with Gasteiger partial charge in [-0.2, -0.15) is 0 Å². The van der Waals surface area contributed by atoms with Crippen LogP contribution in [0.25, 0.3) is 0 Å². The van der Waals surface area contributed by atoms with E-state index in [0.717, 1.165) is 0 Å². The fourth-order valence-corrected chi connectivity index (χ4v) is 2.71. The van der Waals surface area contributed by atoms with Gasteiger partial charge in [0.2, 0.25) is 0 Å². The summed E-state index contributed by atoms with van der Waals surface area (Å²) in [5.74, 6) is -0.995. The first-order valence-electron chi connectivity index (χ1n) is 7.76. The van der Waals surface area contributed by atoms with Gasteiger partial charge in [-0.1, -0.05) is 12.1 Å². The summed E-state index contributed by atoms with van der Waals surface area (Å²) < 4.78 is 0. The van der Waals surface area contributed by atoms with Gasteiger partial charge in [0.05, 0.1) is 5.56 Å². The second-order valence-electron chi connectivity index (χ2n) is 5.56. The van der Waals surface area contributed by atoms with Crippen molar-refractivity contribution in [2.75, 3.05) is 26.2 Å². The van der Waals surface area contributed by atoms with Gasteiger partial charge in [-0.3, -0.25) is 14.6 Å². The molecule has 8 nitrogen and oxygen atoms in total. The first kappa shape index (κ1) is 16.6. The number of phenolic OH excluding ortho intramolecular Hbond substituents is 1. The summed E-state index contributed by atoms with van der Waals surface area (Å²) in [5.41, 5.74) is 0.223. The van der Waals surface area contributed by atoms with Gasteiger partial charge in [0, 0.05) is 32.4 Å². The molecule has 25 heavy (non-hydrogen) atoms. The van der Waals surface area contributed by atoms with Crippen LogP contribution in [0.4, 0.5) is 5.69 Å². The van der Waals surface area contributed by atoms with E-state index >= 15 is 0 Å². The predicted octanol–water partition coefficient (Wildman–Crippen LogP) is 1.78. The monoisotopic (exact) mass is 340 g/mol. The van der Waals surface area contributed by atoms with Gasteiger partial charge in [-0.25, -0.2) is 0 Å². The lowest BCUT2D eigenvalue weighted by Crippen LogP contribution is -2.50. The molecule has 1 N–H and O–H groups in total. The van der Waals surface area contributed by atoms with Crippen LogP contribution < -0.4 is 0 Å². The average Bonchev–Trinajstić information content (AvgIpc) is 2.68. The third-order valence-electron chi connectivity index (χ3n) is 4.08. The Bertz CT molecular complexity index is 802. The van der Waals surface area contributed by atoms with Crippen molar-refractivity contribution >= 4 is 17.5 Å². The van der Waals surface area contributed by atoms with E-state index in [4.69, 9.17) is 0 Å². The highest BCUT2D eigenvalue weighted by atomic mass is 16.3. The van der Waals surface area contributed by atoms with Crippen molar-refractivity contribution in [3.8, 4) is 5.75 Å². The van der Waals surface area contributed by atoms with E-state index in [0.29, 0.717) is 31.9 Å². The quantitative estimate of drug-likeness (QED) is 0.858. The highest BCUT2D eigenvalue weighted by molar-refractivity contribution is 5.98. The molecule has 8 heteroatoms. The van der Waals surface area contributed by atoms with Crippen molar-refractivity contribution in [1.82, 2.24) is 14.8 Å². The number of pyridine rings is 1. The van der Waals surface area contributed by atoms with Crippen LogP contribution in [0.15, 0.2) is 47.8 Å². The molecule has 0 bridgehead atoms. The first-order valence-corrected chi connectivity index (χ1v) is 7.76. The summed E-state index contributed by atoms with van der Waals surface area (Å²) in [4.78, 5) is 42.8. The molecule has 0 atom stereocenters.